The fraction of sp³-hybridized carbons (Fsp3) is 0.400. The van der Waals surface area contributed by atoms with Gasteiger partial charge in [0, 0.05) is 11.6 Å². The number of carbonyl (C=O) groups is 2. The van der Waals surface area contributed by atoms with Crippen LogP contribution in [-0.2, 0) is 4.79 Å². The Balaban J connectivity index is 1.97. The molecule has 2 N–H and O–H groups in total. The molecule has 7 heteroatoms. The first-order chi connectivity index (χ1) is 10.5. The van der Waals surface area contributed by atoms with Crippen molar-refractivity contribution in [2.24, 2.45) is 10.4 Å². The van der Waals surface area contributed by atoms with Crippen LogP contribution in [-0.4, -0.2) is 43.5 Å². The molecule has 1 fully saturated rings. The smallest absolute Gasteiger partial charge is 0.335 e. The Hall–Kier alpha value is -2.44. The number of amides is 1. The van der Waals surface area contributed by atoms with E-state index in [0.717, 1.165) is 12.8 Å². The Morgan fingerprint density at radius 2 is 2.23 bits per heavy atom. The average molecular weight is 308 g/mol. The summed E-state index contributed by atoms with van der Waals surface area (Å²) >= 11 is 0. The summed E-state index contributed by atoms with van der Waals surface area (Å²) in [6.07, 6.45) is 3.04. The first-order valence-electron chi connectivity index (χ1n) is 6.78. The molecule has 1 aliphatic carbocycles. The van der Waals surface area contributed by atoms with Crippen LogP contribution in [0.1, 0.15) is 23.2 Å². The Morgan fingerprint density at radius 1 is 1.50 bits per heavy atom. The molecule has 0 saturated heterocycles. The second-order valence-corrected chi connectivity index (χ2v) is 5.23. The van der Waals surface area contributed by atoms with E-state index in [1.54, 1.807) is 0 Å². The summed E-state index contributed by atoms with van der Waals surface area (Å²) in [6, 6.07) is 4.14. The number of nitrogens with one attached hydrogen (secondary N) is 1. The van der Waals surface area contributed by atoms with Crippen LogP contribution in [0.2, 0.25) is 0 Å². The van der Waals surface area contributed by atoms with Crippen molar-refractivity contribution in [2.75, 3.05) is 25.6 Å². The number of aromatic carboxylic acids is 1. The first kappa shape index (κ1) is 15.9. The summed E-state index contributed by atoms with van der Waals surface area (Å²) in [4.78, 5) is 26.6. The number of methoxy groups -OCH3 is 1. The molecule has 1 aliphatic rings. The fourth-order valence-corrected chi connectivity index (χ4v) is 1.90. The number of nitrogens with zero attached hydrogens (tertiary/aromatic N) is 1. The van der Waals surface area contributed by atoms with Crippen LogP contribution in [0.5, 0.6) is 5.75 Å². The van der Waals surface area contributed by atoms with Crippen LogP contribution in [0.25, 0.3) is 0 Å². The summed E-state index contributed by atoms with van der Waals surface area (Å²) in [5.41, 5.74) is -0.0352. The maximum Gasteiger partial charge on any atom is 0.335 e. The van der Waals surface area contributed by atoms with E-state index < -0.39 is 18.1 Å². The normalized spacial score (nSPS) is 15.5. The van der Waals surface area contributed by atoms with E-state index in [1.807, 2.05) is 0 Å². The first-order valence-corrected chi connectivity index (χ1v) is 6.78. The Morgan fingerprint density at radius 3 is 2.77 bits per heavy atom. The van der Waals surface area contributed by atoms with Gasteiger partial charge in [-0.2, -0.15) is 0 Å². The third-order valence-corrected chi connectivity index (χ3v) is 3.48. The molecule has 1 aromatic rings. The van der Waals surface area contributed by atoms with Gasteiger partial charge in [-0.1, -0.05) is 0 Å². The molecule has 1 aromatic carbocycles. The van der Waals surface area contributed by atoms with E-state index in [0.29, 0.717) is 5.69 Å². The van der Waals surface area contributed by atoms with Crippen LogP contribution in [0.15, 0.2) is 23.2 Å². The second-order valence-electron chi connectivity index (χ2n) is 5.23. The minimum Gasteiger partial charge on any atom is -0.495 e. The lowest BCUT2D eigenvalue weighted by atomic mass is 10.1. The molecule has 0 bridgehead atoms. The van der Waals surface area contributed by atoms with E-state index in [2.05, 4.69) is 10.3 Å². The van der Waals surface area contributed by atoms with Crippen molar-refractivity contribution in [3.63, 3.8) is 0 Å². The maximum atomic E-state index is 12.7. The van der Waals surface area contributed by atoms with E-state index in [9.17, 15) is 14.0 Å². The highest BCUT2D eigenvalue weighted by atomic mass is 19.1. The summed E-state index contributed by atoms with van der Waals surface area (Å²) < 4.78 is 17.7. The number of carboxylic acids is 1. The number of hydrogen-bond donors (Lipinski definition) is 2. The number of carboxylic acid groups (broad SMARTS) is 1. The third kappa shape index (κ3) is 3.81. The predicted octanol–water partition coefficient (Wildman–Crippen LogP) is 2.15. The number of halogens is 1. The summed E-state index contributed by atoms with van der Waals surface area (Å²) in [7, 11) is 1.38. The third-order valence-electron chi connectivity index (χ3n) is 3.48. The highest BCUT2D eigenvalue weighted by Crippen LogP contribution is 2.44. The number of rotatable bonds is 7. The molecule has 0 aliphatic heterocycles. The fourth-order valence-electron chi connectivity index (χ4n) is 1.90. The largest absolute Gasteiger partial charge is 0.495 e. The predicted molar refractivity (Wildman–Crippen MR) is 79.6 cm³/mol. The molecule has 22 heavy (non-hydrogen) atoms. The molecule has 0 spiro atoms. The molecule has 0 radical (unpaired) electrons. The molecular formula is C15H17FN2O4. The monoisotopic (exact) mass is 308 g/mol. The lowest BCUT2D eigenvalue weighted by Crippen LogP contribution is -2.16. The number of alkyl halides is 1. The van der Waals surface area contributed by atoms with Gasteiger partial charge in [0.2, 0.25) is 5.91 Å². The molecule has 1 saturated carbocycles. The quantitative estimate of drug-likeness (QED) is 0.755. The Kier molecular flexibility index (Phi) is 4.75. The summed E-state index contributed by atoms with van der Waals surface area (Å²) in [5.74, 6) is -1.21. The second kappa shape index (κ2) is 6.55. The minimum atomic E-state index is -1.08. The van der Waals surface area contributed by atoms with Gasteiger partial charge in [-0.05, 0) is 31.0 Å². The number of aliphatic imine (C=N–C) groups is 1. The SMILES string of the molecule is COc1cc(C(=O)O)ccc1NC(=O)CN=CC1(CF)CC1. The van der Waals surface area contributed by atoms with Gasteiger partial charge in [-0.25, -0.2) is 4.79 Å². The highest BCUT2D eigenvalue weighted by molar-refractivity contribution is 5.96. The highest BCUT2D eigenvalue weighted by Gasteiger charge is 2.41. The molecule has 0 heterocycles. The number of anilines is 1. The van der Waals surface area contributed by atoms with Gasteiger partial charge in [0.1, 0.15) is 12.3 Å². The van der Waals surface area contributed by atoms with Crippen LogP contribution in [0.4, 0.5) is 10.1 Å². The lowest BCUT2D eigenvalue weighted by Gasteiger charge is -2.10. The van der Waals surface area contributed by atoms with Gasteiger partial charge in [-0.15, -0.1) is 0 Å². The Labute approximate surface area is 127 Å². The number of carbonyl (C=O) groups excluding carboxylic acids is 1. The average Bonchev–Trinajstić information content (AvgIpc) is 3.28. The van der Waals surface area contributed by atoms with Gasteiger partial charge in [0.15, 0.2) is 0 Å². The summed E-state index contributed by atoms with van der Waals surface area (Å²) in [5, 5.41) is 11.5. The standard InChI is InChI=1S/C15H17FN2O4/c1-22-12-6-10(14(20)21)2-3-11(12)18-13(19)7-17-9-15(8-16)4-5-15/h2-3,6,9H,4-5,7-8H2,1H3,(H,18,19)(H,20,21). The van der Waals surface area contributed by atoms with Crippen molar-refractivity contribution in [3.05, 3.63) is 23.8 Å². The molecule has 0 atom stereocenters. The zero-order valence-corrected chi connectivity index (χ0v) is 12.1. The van der Waals surface area contributed by atoms with Crippen molar-refractivity contribution in [2.45, 2.75) is 12.8 Å². The van der Waals surface area contributed by atoms with Crippen LogP contribution in [0, 0.1) is 5.41 Å². The van der Waals surface area contributed by atoms with Gasteiger partial charge in [-0.3, -0.25) is 14.2 Å². The van der Waals surface area contributed by atoms with Gasteiger partial charge in [0.05, 0.1) is 25.0 Å². The van der Waals surface area contributed by atoms with Crippen molar-refractivity contribution in [1.29, 1.82) is 0 Å². The molecule has 118 valence electrons. The molecular weight excluding hydrogens is 291 g/mol. The summed E-state index contributed by atoms with van der Waals surface area (Å²) in [6.45, 7) is -0.575. The van der Waals surface area contributed by atoms with Crippen molar-refractivity contribution < 1.29 is 23.8 Å². The van der Waals surface area contributed by atoms with Crippen molar-refractivity contribution in [3.8, 4) is 5.75 Å². The maximum absolute atomic E-state index is 12.7. The number of benzene rings is 1. The number of hydrogen-bond acceptors (Lipinski definition) is 4. The van der Waals surface area contributed by atoms with Gasteiger partial charge >= 0.3 is 5.97 Å². The lowest BCUT2D eigenvalue weighted by molar-refractivity contribution is -0.114. The zero-order valence-electron chi connectivity index (χ0n) is 12.1. The topological polar surface area (TPSA) is 88.0 Å². The zero-order chi connectivity index (χ0) is 16.2. The number of ether oxygens (including phenoxy) is 1. The van der Waals surface area contributed by atoms with E-state index in [4.69, 9.17) is 9.84 Å². The minimum absolute atomic E-state index is 0.0616. The van der Waals surface area contributed by atoms with Crippen LogP contribution >= 0.6 is 0 Å². The van der Waals surface area contributed by atoms with E-state index in [-0.39, 0.29) is 23.8 Å². The Bertz CT molecular complexity index is 612. The van der Waals surface area contributed by atoms with Crippen LogP contribution in [0.3, 0.4) is 0 Å². The molecule has 0 aromatic heterocycles. The molecule has 2 rings (SSSR count). The molecule has 0 unspecified atom stereocenters. The van der Waals surface area contributed by atoms with Crippen molar-refractivity contribution >= 4 is 23.8 Å². The molecule has 6 nitrogen and oxygen atoms in total. The van der Waals surface area contributed by atoms with Crippen LogP contribution < -0.4 is 10.1 Å². The van der Waals surface area contributed by atoms with Crippen molar-refractivity contribution in [1.82, 2.24) is 0 Å². The van der Waals surface area contributed by atoms with Gasteiger partial charge < -0.3 is 15.2 Å². The van der Waals surface area contributed by atoms with E-state index in [1.165, 1.54) is 31.5 Å². The van der Waals surface area contributed by atoms with Gasteiger partial charge in [0.25, 0.3) is 0 Å². The van der Waals surface area contributed by atoms with E-state index >= 15 is 0 Å². The molecule has 1 amide bonds.